The Balaban J connectivity index is 1.67. The normalized spacial score (nSPS) is 15.0. The first-order chi connectivity index (χ1) is 12.7. The van der Waals surface area contributed by atoms with Crippen molar-refractivity contribution in [2.45, 2.75) is 18.0 Å². The predicted octanol–water partition coefficient (Wildman–Crippen LogP) is 3.82. The van der Waals surface area contributed by atoms with Gasteiger partial charge in [0.1, 0.15) is 0 Å². The summed E-state index contributed by atoms with van der Waals surface area (Å²) in [5.74, 6) is -0.146. The largest absolute Gasteiger partial charge is 0.379 e. The molecule has 138 valence electrons. The van der Waals surface area contributed by atoms with Gasteiger partial charge in [0.25, 0.3) is 5.91 Å². The number of carbonyl (C=O) groups is 1. The molecule has 1 aliphatic rings. The minimum absolute atomic E-state index is 0.146. The number of hydrogen-bond acceptors (Lipinski definition) is 4. The Labute approximate surface area is 163 Å². The van der Waals surface area contributed by atoms with Crippen molar-refractivity contribution in [3.63, 3.8) is 0 Å². The van der Waals surface area contributed by atoms with Crippen LogP contribution in [0.25, 0.3) is 0 Å². The zero-order valence-electron chi connectivity index (χ0n) is 14.8. The Bertz CT molecular complexity index is 763. The second-order valence-corrected chi connectivity index (χ2v) is 7.47. The van der Waals surface area contributed by atoms with E-state index in [9.17, 15) is 4.79 Å². The van der Waals surface area contributed by atoms with Crippen LogP contribution in [-0.4, -0.2) is 43.4 Å². The molecule has 1 aliphatic heterocycles. The van der Waals surface area contributed by atoms with E-state index in [2.05, 4.69) is 22.3 Å². The zero-order valence-corrected chi connectivity index (χ0v) is 16.4. The van der Waals surface area contributed by atoms with Crippen molar-refractivity contribution < 1.29 is 9.53 Å². The van der Waals surface area contributed by atoms with Crippen molar-refractivity contribution in [1.29, 1.82) is 0 Å². The van der Waals surface area contributed by atoms with Gasteiger partial charge < -0.3 is 10.1 Å². The number of ether oxygens (including phenoxy) is 1. The van der Waals surface area contributed by atoms with Crippen molar-refractivity contribution in [3.8, 4) is 0 Å². The number of morpholine rings is 1. The van der Waals surface area contributed by atoms with E-state index in [1.54, 1.807) is 17.8 Å². The summed E-state index contributed by atoms with van der Waals surface area (Å²) in [6.45, 7) is 4.80. The molecule has 1 amide bonds. The Kier molecular flexibility index (Phi) is 6.97. The van der Waals surface area contributed by atoms with E-state index in [4.69, 9.17) is 16.3 Å². The van der Waals surface area contributed by atoms with Crippen LogP contribution in [0.3, 0.4) is 0 Å². The van der Waals surface area contributed by atoms with Crippen molar-refractivity contribution in [2.75, 3.05) is 32.6 Å². The number of halogens is 1. The molecule has 26 heavy (non-hydrogen) atoms. The summed E-state index contributed by atoms with van der Waals surface area (Å²) >= 11 is 7.79. The van der Waals surface area contributed by atoms with Crippen LogP contribution in [-0.2, 0) is 17.8 Å². The highest BCUT2D eigenvalue weighted by Gasteiger charge is 2.14. The third-order valence-corrected chi connectivity index (χ3v) is 5.53. The quantitative estimate of drug-likeness (QED) is 0.761. The minimum atomic E-state index is -0.146. The van der Waals surface area contributed by atoms with Crippen molar-refractivity contribution in [3.05, 3.63) is 64.2 Å². The fraction of sp³-hybridized carbons (Fsp3) is 0.350. The van der Waals surface area contributed by atoms with Gasteiger partial charge in [0.2, 0.25) is 0 Å². The average Bonchev–Trinajstić information content (AvgIpc) is 2.68. The summed E-state index contributed by atoms with van der Waals surface area (Å²) < 4.78 is 5.41. The molecule has 0 atom stereocenters. The van der Waals surface area contributed by atoms with E-state index < -0.39 is 0 Å². The van der Waals surface area contributed by atoms with Crippen LogP contribution in [0.15, 0.2) is 47.4 Å². The average molecular weight is 391 g/mol. The number of thioether (sulfide) groups is 1. The van der Waals surface area contributed by atoms with Gasteiger partial charge in [0, 0.05) is 31.1 Å². The van der Waals surface area contributed by atoms with E-state index in [0.29, 0.717) is 17.1 Å². The van der Waals surface area contributed by atoms with Gasteiger partial charge in [-0.2, -0.15) is 0 Å². The smallest absolute Gasteiger partial charge is 0.253 e. The molecule has 1 heterocycles. The van der Waals surface area contributed by atoms with Gasteiger partial charge in [-0.3, -0.25) is 9.69 Å². The fourth-order valence-corrected chi connectivity index (χ4v) is 3.60. The fourth-order valence-electron chi connectivity index (χ4n) is 2.96. The van der Waals surface area contributed by atoms with Crippen LogP contribution >= 0.6 is 23.4 Å². The Morgan fingerprint density at radius 3 is 2.65 bits per heavy atom. The lowest BCUT2D eigenvalue weighted by Gasteiger charge is -2.27. The van der Waals surface area contributed by atoms with Crippen LogP contribution in [0.2, 0.25) is 5.02 Å². The number of rotatable bonds is 6. The molecule has 0 bridgehead atoms. The van der Waals surface area contributed by atoms with Gasteiger partial charge in [-0.1, -0.05) is 35.9 Å². The van der Waals surface area contributed by atoms with Crippen LogP contribution in [0, 0.1) is 0 Å². The molecule has 1 N–H and O–H groups in total. The molecule has 0 spiro atoms. The first kappa shape index (κ1) is 19.2. The van der Waals surface area contributed by atoms with Crippen molar-refractivity contribution in [1.82, 2.24) is 10.2 Å². The molecular formula is C20H23ClN2O2S. The van der Waals surface area contributed by atoms with Gasteiger partial charge in [0.05, 0.1) is 23.8 Å². The molecule has 0 aromatic heterocycles. The Morgan fingerprint density at radius 1 is 1.19 bits per heavy atom. The number of nitrogens with one attached hydrogen (secondary N) is 1. The summed E-state index contributed by atoms with van der Waals surface area (Å²) in [6, 6.07) is 13.8. The molecule has 1 fully saturated rings. The molecule has 0 unspecified atom stereocenters. The van der Waals surface area contributed by atoms with E-state index in [1.807, 2.05) is 30.5 Å². The number of nitrogens with zero attached hydrogens (tertiary/aromatic N) is 1. The van der Waals surface area contributed by atoms with Gasteiger partial charge in [-0.15, -0.1) is 11.8 Å². The van der Waals surface area contributed by atoms with E-state index in [-0.39, 0.29) is 5.91 Å². The van der Waals surface area contributed by atoms with E-state index in [1.165, 1.54) is 5.56 Å². The summed E-state index contributed by atoms with van der Waals surface area (Å²) in [6.07, 6.45) is 1.98. The van der Waals surface area contributed by atoms with Gasteiger partial charge in [-0.25, -0.2) is 0 Å². The molecule has 0 saturated carbocycles. The Hall–Kier alpha value is -1.53. The molecule has 4 nitrogen and oxygen atoms in total. The lowest BCUT2D eigenvalue weighted by atomic mass is 10.1. The lowest BCUT2D eigenvalue weighted by Crippen LogP contribution is -2.36. The van der Waals surface area contributed by atoms with E-state index in [0.717, 1.165) is 43.3 Å². The van der Waals surface area contributed by atoms with Crippen molar-refractivity contribution >= 4 is 29.3 Å². The van der Waals surface area contributed by atoms with Crippen LogP contribution in [0.1, 0.15) is 21.5 Å². The second kappa shape index (κ2) is 9.42. The highest BCUT2D eigenvalue weighted by molar-refractivity contribution is 7.98. The maximum atomic E-state index is 12.6. The topological polar surface area (TPSA) is 41.6 Å². The summed E-state index contributed by atoms with van der Waals surface area (Å²) in [5.41, 5.74) is 2.88. The van der Waals surface area contributed by atoms with Gasteiger partial charge in [0.15, 0.2) is 0 Å². The van der Waals surface area contributed by atoms with Crippen molar-refractivity contribution in [2.24, 2.45) is 0 Å². The molecule has 1 saturated heterocycles. The van der Waals surface area contributed by atoms with Gasteiger partial charge in [-0.05, 0) is 35.6 Å². The molecule has 0 radical (unpaired) electrons. The molecule has 3 rings (SSSR count). The number of carbonyl (C=O) groups excluding carboxylic acids is 1. The highest BCUT2D eigenvalue weighted by atomic mass is 35.5. The van der Waals surface area contributed by atoms with Gasteiger partial charge >= 0.3 is 0 Å². The SMILES string of the molecule is CSc1ccc(Cl)c(C(=O)NCc2ccccc2CN2CCOCC2)c1. The highest BCUT2D eigenvalue weighted by Crippen LogP contribution is 2.23. The van der Waals surface area contributed by atoms with E-state index >= 15 is 0 Å². The maximum Gasteiger partial charge on any atom is 0.253 e. The number of hydrogen-bond donors (Lipinski definition) is 1. The summed E-state index contributed by atoms with van der Waals surface area (Å²) in [7, 11) is 0. The summed E-state index contributed by atoms with van der Waals surface area (Å²) in [4.78, 5) is 16.0. The molecule has 6 heteroatoms. The third-order valence-electron chi connectivity index (χ3n) is 4.47. The van der Waals surface area contributed by atoms with Crippen LogP contribution in [0.4, 0.5) is 0 Å². The first-order valence-electron chi connectivity index (χ1n) is 8.66. The molecular weight excluding hydrogens is 368 g/mol. The maximum absolute atomic E-state index is 12.6. The predicted molar refractivity (Wildman–Crippen MR) is 107 cm³/mol. The minimum Gasteiger partial charge on any atom is -0.379 e. The standard InChI is InChI=1S/C20H23ClN2O2S/c1-26-17-6-7-19(21)18(12-17)20(24)22-13-15-4-2-3-5-16(15)14-23-8-10-25-11-9-23/h2-7,12H,8-11,13-14H2,1H3,(H,22,24). The summed E-state index contributed by atoms with van der Waals surface area (Å²) in [5, 5.41) is 3.48. The zero-order chi connectivity index (χ0) is 18.4. The Morgan fingerprint density at radius 2 is 1.92 bits per heavy atom. The first-order valence-corrected chi connectivity index (χ1v) is 10.3. The molecule has 2 aromatic rings. The molecule has 0 aliphatic carbocycles. The number of amides is 1. The lowest BCUT2D eigenvalue weighted by molar-refractivity contribution is 0.0340. The van der Waals surface area contributed by atoms with Crippen LogP contribution in [0.5, 0.6) is 0 Å². The second-order valence-electron chi connectivity index (χ2n) is 6.19. The monoisotopic (exact) mass is 390 g/mol. The third kappa shape index (κ3) is 5.01. The molecule has 2 aromatic carbocycles. The number of benzene rings is 2. The van der Waals surface area contributed by atoms with Crippen LogP contribution < -0.4 is 5.32 Å².